The summed E-state index contributed by atoms with van der Waals surface area (Å²) in [6.07, 6.45) is 2.12. The first kappa shape index (κ1) is 18.5. The van der Waals surface area contributed by atoms with E-state index in [-0.39, 0.29) is 11.7 Å². The molecule has 0 aliphatic carbocycles. The summed E-state index contributed by atoms with van der Waals surface area (Å²) in [5.41, 5.74) is 1.75. The van der Waals surface area contributed by atoms with Crippen molar-refractivity contribution in [3.05, 3.63) is 41.7 Å². The lowest BCUT2D eigenvalue weighted by Gasteiger charge is -2.26. The van der Waals surface area contributed by atoms with Crippen LogP contribution in [0.5, 0.6) is 5.75 Å². The number of rotatable bonds is 5. The van der Waals surface area contributed by atoms with Crippen molar-refractivity contribution >= 4 is 5.97 Å². The molecule has 0 fully saturated rings. The molecule has 0 spiro atoms. The standard InChI is InChI=1S/C21H27NO4/c1-21(2,3)26-20(24)5-4-11-22-12-10-18-16(14-22)13-19(25-18)15-6-8-17(23)9-7-15/h6-9,13,23H,4-5,10-12,14H2,1-3H3. The fourth-order valence-electron chi connectivity index (χ4n) is 3.19. The van der Waals surface area contributed by atoms with E-state index in [1.54, 1.807) is 12.1 Å². The maximum atomic E-state index is 11.8. The van der Waals surface area contributed by atoms with Gasteiger partial charge >= 0.3 is 5.97 Å². The number of carbonyl (C=O) groups excluding carboxylic acids is 1. The SMILES string of the molecule is CC(C)(C)OC(=O)CCCN1CCc2oc(-c3ccc(O)cc3)cc2C1. The van der Waals surface area contributed by atoms with Gasteiger partial charge in [-0.3, -0.25) is 9.69 Å². The number of hydrogen-bond acceptors (Lipinski definition) is 5. The van der Waals surface area contributed by atoms with Crippen LogP contribution >= 0.6 is 0 Å². The van der Waals surface area contributed by atoms with E-state index in [9.17, 15) is 9.90 Å². The molecule has 26 heavy (non-hydrogen) atoms. The number of benzene rings is 1. The Hall–Kier alpha value is -2.27. The lowest BCUT2D eigenvalue weighted by molar-refractivity contribution is -0.155. The number of fused-ring (bicyclic) bond motifs is 1. The zero-order valence-corrected chi connectivity index (χ0v) is 15.7. The monoisotopic (exact) mass is 357 g/mol. The maximum absolute atomic E-state index is 11.8. The molecule has 1 aromatic heterocycles. The molecule has 2 aromatic rings. The molecule has 0 unspecified atom stereocenters. The molecule has 0 amide bonds. The lowest BCUT2D eigenvalue weighted by atomic mass is 10.1. The van der Waals surface area contributed by atoms with Crippen LogP contribution in [0.15, 0.2) is 34.7 Å². The van der Waals surface area contributed by atoms with Crippen LogP contribution in [-0.4, -0.2) is 34.7 Å². The van der Waals surface area contributed by atoms with Crippen molar-refractivity contribution in [2.75, 3.05) is 13.1 Å². The van der Waals surface area contributed by atoms with Gasteiger partial charge in [-0.05, 0) is 64.1 Å². The zero-order chi connectivity index (χ0) is 18.7. The maximum Gasteiger partial charge on any atom is 0.306 e. The largest absolute Gasteiger partial charge is 0.508 e. The number of carbonyl (C=O) groups is 1. The van der Waals surface area contributed by atoms with Gasteiger partial charge in [0.05, 0.1) is 0 Å². The number of phenols is 1. The summed E-state index contributed by atoms with van der Waals surface area (Å²) in [5.74, 6) is 2.00. The Kier molecular flexibility index (Phi) is 5.37. The lowest BCUT2D eigenvalue weighted by Crippen LogP contribution is -2.31. The normalized spacial score (nSPS) is 14.9. The van der Waals surface area contributed by atoms with Crippen LogP contribution in [0.25, 0.3) is 11.3 Å². The van der Waals surface area contributed by atoms with Crippen molar-refractivity contribution in [2.24, 2.45) is 0 Å². The van der Waals surface area contributed by atoms with Crippen LogP contribution in [0.4, 0.5) is 0 Å². The number of phenolic OH excluding ortho intramolecular Hbond substituents is 1. The molecule has 3 rings (SSSR count). The predicted octanol–water partition coefficient (Wildman–Crippen LogP) is 4.13. The van der Waals surface area contributed by atoms with E-state index in [0.717, 1.165) is 49.6 Å². The van der Waals surface area contributed by atoms with Crippen LogP contribution in [0.3, 0.4) is 0 Å². The first-order chi connectivity index (χ1) is 12.3. The van der Waals surface area contributed by atoms with E-state index < -0.39 is 5.60 Å². The van der Waals surface area contributed by atoms with Crippen LogP contribution in [0.1, 0.15) is 44.9 Å². The molecule has 0 atom stereocenters. The minimum atomic E-state index is -0.418. The second kappa shape index (κ2) is 7.54. The quantitative estimate of drug-likeness (QED) is 0.815. The fraction of sp³-hybridized carbons (Fsp3) is 0.476. The van der Waals surface area contributed by atoms with Crippen molar-refractivity contribution in [3.63, 3.8) is 0 Å². The third kappa shape index (κ3) is 4.88. The Labute approximate surface area is 154 Å². The Bertz CT molecular complexity index is 755. The van der Waals surface area contributed by atoms with E-state index in [1.165, 1.54) is 5.56 Å². The van der Waals surface area contributed by atoms with Crippen molar-refractivity contribution in [2.45, 2.75) is 52.2 Å². The van der Waals surface area contributed by atoms with Crippen LogP contribution < -0.4 is 0 Å². The summed E-state index contributed by atoms with van der Waals surface area (Å²) in [4.78, 5) is 14.2. The topological polar surface area (TPSA) is 62.9 Å². The molecule has 0 saturated heterocycles. The van der Waals surface area contributed by atoms with E-state index in [4.69, 9.17) is 9.15 Å². The summed E-state index contributed by atoms with van der Waals surface area (Å²) in [7, 11) is 0. The van der Waals surface area contributed by atoms with Crippen molar-refractivity contribution in [3.8, 4) is 17.1 Å². The van der Waals surface area contributed by atoms with Gasteiger partial charge in [0.25, 0.3) is 0 Å². The number of hydrogen-bond donors (Lipinski definition) is 1. The average molecular weight is 357 g/mol. The molecule has 1 aliphatic rings. The van der Waals surface area contributed by atoms with Gasteiger partial charge in [-0.25, -0.2) is 0 Å². The minimum absolute atomic E-state index is 0.131. The van der Waals surface area contributed by atoms with Gasteiger partial charge in [-0.15, -0.1) is 0 Å². The molecule has 0 saturated carbocycles. The Morgan fingerprint density at radius 3 is 2.69 bits per heavy atom. The second-order valence-electron chi connectivity index (χ2n) is 7.82. The van der Waals surface area contributed by atoms with Gasteiger partial charge in [0.1, 0.15) is 22.9 Å². The number of esters is 1. The molecule has 1 aromatic carbocycles. The average Bonchev–Trinajstić information content (AvgIpc) is 2.97. The molecule has 0 radical (unpaired) electrons. The molecular formula is C21H27NO4. The summed E-state index contributed by atoms with van der Waals surface area (Å²) in [5, 5.41) is 9.41. The van der Waals surface area contributed by atoms with E-state index in [0.29, 0.717) is 6.42 Å². The molecule has 140 valence electrons. The molecule has 0 bridgehead atoms. The first-order valence-corrected chi connectivity index (χ1v) is 9.15. The zero-order valence-electron chi connectivity index (χ0n) is 15.7. The summed E-state index contributed by atoms with van der Waals surface area (Å²) < 4.78 is 11.3. The Morgan fingerprint density at radius 1 is 1.27 bits per heavy atom. The summed E-state index contributed by atoms with van der Waals surface area (Å²) >= 11 is 0. The third-order valence-electron chi connectivity index (χ3n) is 4.37. The molecule has 5 heteroatoms. The number of aromatic hydroxyl groups is 1. The van der Waals surface area contributed by atoms with E-state index in [1.807, 2.05) is 32.9 Å². The number of furan rings is 1. The van der Waals surface area contributed by atoms with Gasteiger partial charge in [0.15, 0.2) is 0 Å². The minimum Gasteiger partial charge on any atom is -0.508 e. The van der Waals surface area contributed by atoms with Gasteiger partial charge in [0, 0.05) is 37.1 Å². The Balaban J connectivity index is 1.53. The van der Waals surface area contributed by atoms with Crippen molar-refractivity contribution < 1.29 is 19.1 Å². The van der Waals surface area contributed by atoms with Crippen molar-refractivity contribution in [1.29, 1.82) is 0 Å². The summed E-state index contributed by atoms with van der Waals surface area (Å²) in [6.45, 7) is 8.32. The van der Waals surface area contributed by atoms with Crippen LogP contribution in [-0.2, 0) is 22.5 Å². The first-order valence-electron chi connectivity index (χ1n) is 9.15. The number of nitrogens with zero attached hydrogens (tertiary/aromatic N) is 1. The van der Waals surface area contributed by atoms with E-state index >= 15 is 0 Å². The molecular weight excluding hydrogens is 330 g/mol. The van der Waals surface area contributed by atoms with Crippen LogP contribution in [0, 0.1) is 0 Å². The fourth-order valence-corrected chi connectivity index (χ4v) is 3.19. The highest BCUT2D eigenvalue weighted by Crippen LogP contribution is 2.30. The molecule has 1 N–H and O–H groups in total. The van der Waals surface area contributed by atoms with Gasteiger partial charge in [-0.1, -0.05) is 0 Å². The van der Waals surface area contributed by atoms with E-state index in [2.05, 4.69) is 11.0 Å². The number of ether oxygens (including phenoxy) is 1. The van der Waals surface area contributed by atoms with Gasteiger partial charge < -0.3 is 14.3 Å². The second-order valence-corrected chi connectivity index (χ2v) is 7.82. The Morgan fingerprint density at radius 2 is 2.00 bits per heavy atom. The van der Waals surface area contributed by atoms with Crippen LogP contribution in [0.2, 0.25) is 0 Å². The molecule has 1 aliphatic heterocycles. The highest BCUT2D eigenvalue weighted by molar-refractivity contribution is 5.69. The third-order valence-corrected chi connectivity index (χ3v) is 4.37. The highest BCUT2D eigenvalue weighted by atomic mass is 16.6. The predicted molar refractivity (Wildman–Crippen MR) is 99.9 cm³/mol. The highest BCUT2D eigenvalue weighted by Gasteiger charge is 2.22. The van der Waals surface area contributed by atoms with Gasteiger partial charge in [0.2, 0.25) is 0 Å². The summed E-state index contributed by atoms with van der Waals surface area (Å²) in [6, 6.07) is 9.14. The van der Waals surface area contributed by atoms with Crippen molar-refractivity contribution in [1.82, 2.24) is 4.90 Å². The molecule has 5 nitrogen and oxygen atoms in total. The van der Waals surface area contributed by atoms with Gasteiger partial charge in [-0.2, -0.15) is 0 Å². The molecule has 2 heterocycles. The smallest absolute Gasteiger partial charge is 0.306 e.